The van der Waals surface area contributed by atoms with Gasteiger partial charge in [0.1, 0.15) is 0 Å². The predicted molar refractivity (Wildman–Crippen MR) is 71.6 cm³/mol. The van der Waals surface area contributed by atoms with Gasteiger partial charge in [-0.25, -0.2) is 0 Å². The maximum absolute atomic E-state index is 5.23. The molecule has 0 fully saturated rings. The number of nitrogens with zero attached hydrogens (tertiary/aromatic N) is 2. The van der Waals surface area contributed by atoms with Crippen molar-refractivity contribution in [3.63, 3.8) is 0 Å². The molecular weight excluding hydrogens is 226 g/mol. The van der Waals surface area contributed by atoms with Crippen molar-refractivity contribution in [3.8, 4) is 0 Å². The van der Waals surface area contributed by atoms with Crippen LogP contribution in [0.1, 0.15) is 32.5 Å². The van der Waals surface area contributed by atoms with Crippen molar-refractivity contribution in [2.75, 3.05) is 11.9 Å². The van der Waals surface area contributed by atoms with Crippen molar-refractivity contribution in [3.05, 3.63) is 42.0 Å². The molecule has 2 rings (SSSR count). The van der Waals surface area contributed by atoms with Crippen LogP contribution >= 0.6 is 0 Å². The van der Waals surface area contributed by atoms with Gasteiger partial charge in [0.15, 0.2) is 5.82 Å². The molecule has 4 nitrogen and oxygen atoms in total. The molecule has 0 aliphatic rings. The molecule has 1 N–H and O–H groups in total. The Morgan fingerprint density at radius 2 is 1.89 bits per heavy atom. The number of para-hydroxylation sites is 1. The molecular formula is C14H19N3O. The fourth-order valence-electron chi connectivity index (χ4n) is 1.53. The van der Waals surface area contributed by atoms with Crippen LogP contribution in [0.5, 0.6) is 0 Å². The summed E-state index contributed by atoms with van der Waals surface area (Å²) in [6, 6.07) is 10.1. The SMILES string of the molecule is CC(C)(C)c1noc(CCNc2ccccc2)n1. The lowest BCUT2D eigenvalue weighted by atomic mass is 9.96. The molecule has 18 heavy (non-hydrogen) atoms. The summed E-state index contributed by atoms with van der Waals surface area (Å²) in [4.78, 5) is 4.39. The van der Waals surface area contributed by atoms with Gasteiger partial charge in [0.05, 0.1) is 0 Å². The van der Waals surface area contributed by atoms with Crippen LogP contribution in [0.4, 0.5) is 5.69 Å². The number of rotatable bonds is 4. The maximum atomic E-state index is 5.23. The minimum Gasteiger partial charge on any atom is -0.385 e. The van der Waals surface area contributed by atoms with Crippen LogP contribution in [0.2, 0.25) is 0 Å². The summed E-state index contributed by atoms with van der Waals surface area (Å²) in [7, 11) is 0. The lowest BCUT2D eigenvalue weighted by Crippen LogP contribution is -2.13. The highest BCUT2D eigenvalue weighted by molar-refractivity contribution is 5.42. The van der Waals surface area contributed by atoms with Crippen LogP contribution in [-0.4, -0.2) is 16.7 Å². The van der Waals surface area contributed by atoms with E-state index < -0.39 is 0 Å². The number of hydrogen-bond donors (Lipinski definition) is 1. The van der Waals surface area contributed by atoms with Crippen LogP contribution < -0.4 is 5.32 Å². The monoisotopic (exact) mass is 245 g/mol. The number of benzene rings is 1. The van der Waals surface area contributed by atoms with E-state index in [4.69, 9.17) is 4.52 Å². The zero-order valence-corrected chi connectivity index (χ0v) is 11.1. The molecule has 0 aliphatic heterocycles. The summed E-state index contributed by atoms with van der Waals surface area (Å²) in [5.41, 5.74) is 1.04. The van der Waals surface area contributed by atoms with E-state index in [1.165, 1.54) is 0 Å². The molecule has 1 heterocycles. The standard InChI is InChI=1S/C14H19N3O/c1-14(2,3)13-16-12(18-17-13)9-10-15-11-7-5-4-6-8-11/h4-8,15H,9-10H2,1-3H3. The summed E-state index contributed by atoms with van der Waals surface area (Å²) in [6.45, 7) is 7.01. The Kier molecular flexibility index (Phi) is 3.65. The van der Waals surface area contributed by atoms with E-state index in [2.05, 4.69) is 36.2 Å². The number of hydrogen-bond acceptors (Lipinski definition) is 4. The number of aromatic nitrogens is 2. The molecule has 0 radical (unpaired) electrons. The third-order valence-corrected chi connectivity index (χ3v) is 2.58. The highest BCUT2D eigenvalue weighted by Crippen LogP contribution is 2.18. The van der Waals surface area contributed by atoms with Gasteiger partial charge >= 0.3 is 0 Å². The summed E-state index contributed by atoms with van der Waals surface area (Å²) in [6.07, 6.45) is 0.734. The van der Waals surface area contributed by atoms with Crippen LogP contribution in [0.15, 0.2) is 34.9 Å². The smallest absolute Gasteiger partial charge is 0.228 e. The third kappa shape index (κ3) is 3.32. The average molecular weight is 245 g/mol. The summed E-state index contributed by atoms with van der Waals surface area (Å²) in [5, 5.41) is 7.31. The van der Waals surface area contributed by atoms with Gasteiger partial charge in [-0.15, -0.1) is 0 Å². The third-order valence-electron chi connectivity index (χ3n) is 2.58. The Hall–Kier alpha value is -1.84. The largest absolute Gasteiger partial charge is 0.385 e. The molecule has 0 unspecified atom stereocenters. The maximum Gasteiger partial charge on any atom is 0.228 e. The molecule has 0 amide bonds. The highest BCUT2D eigenvalue weighted by Gasteiger charge is 2.20. The lowest BCUT2D eigenvalue weighted by molar-refractivity contribution is 0.365. The van der Waals surface area contributed by atoms with Crippen molar-refractivity contribution >= 4 is 5.69 Å². The summed E-state index contributed by atoms with van der Waals surface area (Å²) in [5.74, 6) is 1.44. The Balaban J connectivity index is 1.86. The highest BCUT2D eigenvalue weighted by atomic mass is 16.5. The molecule has 0 saturated heterocycles. The zero-order chi connectivity index (χ0) is 13.0. The second-order valence-electron chi connectivity index (χ2n) is 5.30. The minimum absolute atomic E-state index is 0.0609. The van der Waals surface area contributed by atoms with Crippen LogP contribution in [0.3, 0.4) is 0 Å². The first-order valence-electron chi connectivity index (χ1n) is 6.18. The van der Waals surface area contributed by atoms with E-state index >= 15 is 0 Å². The van der Waals surface area contributed by atoms with Crippen molar-refractivity contribution in [2.45, 2.75) is 32.6 Å². The molecule has 1 aromatic carbocycles. The van der Waals surface area contributed by atoms with Gasteiger partial charge in [-0.05, 0) is 12.1 Å². The van der Waals surface area contributed by atoms with E-state index in [1.807, 2.05) is 30.3 Å². The molecule has 0 bridgehead atoms. The molecule has 0 saturated carbocycles. The molecule has 0 spiro atoms. The molecule has 0 aliphatic carbocycles. The van der Waals surface area contributed by atoms with Gasteiger partial charge in [0, 0.05) is 24.1 Å². The number of nitrogens with one attached hydrogen (secondary N) is 1. The molecule has 96 valence electrons. The first kappa shape index (κ1) is 12.6. The van der Waals surface area contributed by atoms with Crippen molar-refractivity contribution < 1.29 is 4.52 Å². The van der Waals surface area contributed by atoms with Crippen LogP contribution in [-0.2, 0) is 11.8 Å². The van der Waals surface area contributed by atoms with E-state index in [0.29, 0.717) is 5.89 Å². The van der Waals surface area contributed by atoms with Gasteiger partial charge in [-0.1, -0.05) is 44.1 Å². The first-order chi connectivity index (χ1) is 8.55. The van der Waals surface area contributed by atoms with Gasteiger partial charge in [-0.2, -0.15) is 4.98 Å². The molecule has 2 aromatic rings. The Bertz CT molecular complexity index is 485. The van der Waals surface area contributed by atoms with Gasteiger partial charge in [-0.3, -0.25) is 0 Å². The topological polar surface area (TPSA) is 51.0 Å². The van der Waals surface area contributed by atoms with Crippen molar-refractivity contribution in [1.29, 1.82) is 0 Å². The Morgan fingerprint density at radius 3 is 2.50 bits per heavy atom. The second-order valence-corrected chi connectivity index (χ2v) is 5.30. The van der Waals surface area contributed by atoms with Crippen LogP contribution in [0, 0.1) is 0 Å². The summed E-state index contributed by atoms with van der Waals surface area (Å²) >= 11 is 0. The van der Waals surface area contributed by atoms with E-state index in [-0.39, 0.29) is 5.41 Å². The Labute approximate surface area is 107 Å². The van der Waals surface area contributed by atoms with Crippen molar-refractivity contribution in [2.24, 2.45) is 0 Å². The minimum atomic E-state index is -0.0609. The van der Waals surface area contributed by atoms with E-state index in [1.54, 1.807) is 0 Å². The molecule has 4 heteroatoms. The quantitative estimate of drug-likeness (QED) is 0.899. The average Bonchev–Trinajstić information content (AvgIpc) is 2.79. The van der Waals surface area contributed by atoms with E-state index in [9.17, 15) is 0 Å². The number of anilines is 1. The fourth-order valence-corrected chi connectivity index (χ4v) is 1.53. The van der Waals surface area contributed by atoms with Crippen molar-refractivity contribution in [1.82, 2.24) is 10.1 Å². The fraction of sp³-hybridized carbons (Fsp3) is 0.429. The van der Waals surface area contributed by atoms with Crippen LogP contribution in [0.25, 0.3) is 0 Å². The second kappa shape index (κ2) is 5.21. The predicted octanol–water partition coefficient (Wildman–Crippen LogP) is 3.02. The zero-order valence-electron chi connectivity index (χ0n) is 11.1. The van der Waals surface area contributed by atoms with Gasteiger partial charge < -0.3 is 9.84 Å². The van der Waals surface area contributed by atoms with E-state index in [0.717, 1.165) is 24.5 Å². The van der Waals surface area contributed by atoms with Gasteiger partial charge in [0.25, 0.3) is 0 Å². The Morgan fingerprint density at radius 1 is 1.17 bits per heavy atom. The lowest BCUT2D eigenvalue weighted by Gasteiger charge is -2.10. The molecule has 1 aromatic heterocycles. The summed E-state index contributed by atoms with van der Waals surface area (Å²) < 4.78 is 5.23. The normalized spacial score (nSPS) is 11.5. The molecule has 0 atom stereocenters. The van der Waals surface area contributed by atoms with Gasteiger partial charge in [0.2, 0.25) is 5.89 Å². The first-order valence-corrected chi connectivity index (χ1v) is 6.18.